The van der Waals surface area contributed by atoms with E-state index >= 15 is 0 Å². The molecule has 0 saturated carbocycles. The minimum atomic E-state index is -1.52. The third-order valence-corrected chi connectivity index (χ3v) is 4.67. The van der Waals surface area contributed by atoms with E-state index in [1.165, 1.54) is 18.2 Å². The van der Waals surface area contributed by atoms with Gasteiger partial charge in [0.25, 0.3) is 5.69 Å². The lowest BCUT2D eigenvalue weighted by Crippen LogP contribution is -2.29. The summed E-state index contributed by atoms with van der Waals surface area (Å²) in [6, 6.07) is 13.3. The van der Waals surface area contributed by atoms with Gasteiger partial charge in [-0.05, 0) is 11.6 Å². The van der Waals surface area contributed by atoms with Gasteiger partial charge in [-0.25, -0.2) is 4.79 Å². The first kappa shape index (κ1) is 20.3. The van der Waals surface area contributed by atoms with Gasteiger partial charge in [-0.3, -0.25) is 14.9 Å². The van der Waals surface area contributed by atoms with Crippen LogP contribution in [0.2, 0.25) is 0 Å². The van der Waals surface area contributed by atoms with Crippen molar-refractivity contribution in [2.75, 3.05) is 19.7 Å². The Morgan fingerprint density at radius 2 is 2.00 bits per heavy atom. The number of nitro benzene ring substituents is 1. The van der Waals surface area contributed by atoms with E-state index in [1.54, 1.807) is 4.90 Å². The zero-order valence-electron chi connectivity index (χ0n) is 15.5. The molecular weight excluding hydrogens is 380 g/mol. The number of carbonyl (C=O) groups is 2. The van der Waals surface area contributed by atoms with Crippen LogP contribution in [0.25, 0.3) is 0 Å². The Bertz CT molecular complexity index is 901. The normalized spacial score (nSPS) is 16.1. The molecule has 9 heteroatoms. The fraction of sp³-hybridized carbons (Fsp3) is 0.300. The van der Waals surface area contributed by atoms with Gasteiger partial charge in [-0.1, -0.05) is 30.3 Å². The first-order chi connectivity index (χ1) is 13.9. The fourth-order valence-corrected chi connectivity index (χ4v) is 3.29. The molecule has 0 aliphatic carbocycles. The van der Waals surface area contributed by atoms with Crippen LogP contribution in [0.3, 0.4) is 0 Å². The van der Waals surface area contributed by atoms with Crippen LogP contribution in [0.4, 0.5) is 10.5 Å². The molecule has 0 aromatic heterocycles. The first-order valence-electron chi connectivity index (χ1n) is 9.02. The van der Waals surface area contributed by atoms with Crippen LogP contribution in [-0.2, 0) is 16.1 Å². The van der Waals surface area contributed by atoms with Crippen molar-refractivity contribution in [3.63, 3.8) is 0 Å². The molecule has 29 heavy (non-hydrogen) atoms. The second-order valence-corrected chi connectivity index (χ2v) is 6.63. The highest BCUT2D eigenvalue weighted by Gasteiger charge is 2.33. The number of non-ortho nitro benzene ring substituents is 1. The summed E-state index contributed by atoms with van der Waals surface area (Å²) >= 11 is 0. The number of ether oxygens (including phenoxy) is 2. The summed E-state index contributed by atoms with van der Waals surface area (Å²) in [7, 11) is 0. The highest BCUT2D eigenvalue weighted by Crippen LogP contribution is 2.36. The minimum Gasteiger partial charge on any atom is -0.449 e. The van der Waals surface area contributed by atoms with E-state index in [-0.39, 0.29) is 23.8 Å². The number of nitro groups is 1. The largest absolute Gasteiger partial charge is 0.511 e. The number of carboxylic acid groups (broad SMARTS) is 1. The van der Waals surface area contributed by atoms with Gasteiger partial charge in [0.2, 0.25) is 5.91 Å². The summed E-state index contributed by atoms with van der Waals surface area (Å²) in [6.07, 6.45) is -1.40. The Morgan fingerprint density at radius 1 is 1.24 bits per heavy atom. The molecule has 1 fully saturated rings. The number of rotatable bonds is 8. The van der Waals surface area contributed by atoms with Gasteiger partial charge < -0.3 is 19.5 Å². The molecule has 3 rings (SSSR count). The standard InChI is InChI=1S/C20H20N2O7/c23-19-10-15(12-21(19)8-9-28-13-14-4-2-1-3-5-14)17-11-16(22(26)27)6-7-18(17)29-20(24)25/h1-7,11,15H,8-10,12-13H2,(H,24,25)/t15-/m1/s1. The van der Waals surface area contributed by atoms with Crippen molar-refractivity contribution in [1.82, 2.24) is 4.90 Å². The highest BCUT2D eigenvalue weighted by atomic mass is 16.7. The number of carbonyl (C=O) groups excluding carboxylic acids is 1. The highest BCUT2D eigenvalue weighted by molar-refractivity contribution is 5.80. The average Bonchev–Trinajstić information content (AvgIpc) is 3.06. The Balaban J connectivity index is 1.63. The molecule has 1 N–H and O–H groups in total. The number of amides is 1. The van der Waals surface area contributed by atoms with Gasteiger partial charge in [0.05, 0.1) is 18.1 Å². The van der Waals surface area contributed by atoms with E-state index < -0.39 is 17.0 Å². The lowest BCUT2D eigenvalue weighted by molar-refractivity contribution is -0.385. The maximum absolute atomic E-state index is 12.4. The molecule has 2 aromatic carbocycles. The van der Waals surface area contributed by atoms with Gasteiger partial charge in [0, 0.05) is 43.1 Å². The predicted molar refractivity (Wildman–Crippen MR) is 102 cm³/mol. The van der Waals surface area contributed by atoms with Gasteiger partial charge in [-0.2, -0.15) is 0 Å². The number of likely N-dealkylation sites (tertiary alicyclic amines) is 1. The van der Waals surface area contributed by atoms with Gasteiger partial charge in [-0.15, -0.1) is 0 Å². The molecule has 9 nitrogen and oxygen atoms in total. The lowest BCUT2D eigenvalue weighted by atomic mass is 9.96. The predicted octanol–water partition coefficient (Wildman–Crippen LogP) is 3.18. The van der Waals surface area contributed by atoms with Crippen molar-refractivity contribution in [1.29, 1.82) is 0 Å². The van der Waals surface area contributed by atoms with Crippen molar-refractivity contribution < 1.29 is 29.1 Å². The van der Waals surface area contributed by atoms with E-state index in [9.17, 15) is 19.7 Å². The summed E-state index contributed by atoms with van der Waals surface area (Å²) in [4.78, 5) is 35.4. The molecule has 152 valence electrons. The van der Waals surface area contributed by atoms with E-state index in [2.05, 4.69) is 0 Å². The van der Waals surface area contributed by atoms with Crippen molar-refractivity contribution in [2.45, 2.75) is 18.9 Å². The molecule has 1 aliphatic heterocycles. The molecule has 1 heterocycles. The van der Waals surface area contributed by atoms with E-state index in [0.717, 1.165) is 5.56 Å². The van der Waals surface area contributed by atoms with Crippen molar-refractivity contribution in [2.24, 2.45) is 0 Å². The van der Waals surface area contributed by atoms with Crippen LogP contribution >= 0.6 is 0 Å². The van der Waals surface area contributed by atoms with Crippen LogP contribution in [0.15, 0.2) is 48.5 Å². The Hall–Kier alpha value is -3.46. The first-order valence-corrected chi connectivity index (χ1v) is 9.02. The average molecular weight is 400 g/mol. The zero-order valence-corrected chi connectivity index (χ0v) is 15.5. The minimum absolute atomic E-state index is 0.00285. The molecule has 1 amide bonds. The molecular formula is C20H20N2O7. The number of hydrogen-bond acceptors (Lipinski definition) is 6. The van der Waals surface area contributed by atoms with E-state index in [1.807, 2.05) is 30.3 Å². The van der Waals surface area contributed by atoms with Crippen molar-refractivity contribution in [3.05, 3.63) is 69.8 Å². The maximum Gasteiger partial charge on any atom is 0.511 e. The number of benzene rings is 2. The number of nitrogens with zero attached hydrogens (tertiary/aromatic N) is 2. The summed E-state index contributed by atoms with van der Waals surface area (Å²) < 4.78 is 10.4. The van der Waals surface area contributed by atoms with Crippen LogP contribution in [0.1, 0.15) is 23.5 Å². The summed E-state index contributed by atoms with van der Waals surface area (Å²) in [5.74, 6) is -0.514. The molecule has 2 aromatic rings. The monoisotopic (exact) mass is 400 g/mol. The van der Waals surface area contributed by atoms with Gasteiger partial charge in [0.15, 0.2) is 0 Å². The van der Waals surface area contributed by atoms with Gasteiger partial charge >= 0.3 is 6.16 Å². The molecule has 0 radical (unpaired) electrons. The topological polar surface area (TPSA) is 119 Å². The van der Waals surface area contributed by atoms with Crippen LogP contribution in [0, 0.1) is 10.1 Å². The van der Waals surface area contributed by atoms with E-state index in [0.29, 0.717) is 31.9 Å². The Kier molecular flexibility index (Phi) is 6.40. The second-order valence-electron chi connectivity index (χ2n) is 6.63. The lowest BCUT2D eigenvalue weighted by Gasteiger charge is -2.17. The van der Waals surface area contributed by atoms with Crippen LogP contribution in [0.5, 0.6) is 5.75 Å². The molecule has 0 unspecified atom stereocenters. The maximum atomic E-state index is 12.4. The van der Waals surface area contributed by atoms with Crippen LogP contribution in [-0.4, -0.2) is 46.7 Å². The Labute approximate surface area is 166 Å². The summed E-state index contributed by atoms with van der Waals surface area (Å²) in [6.45, 7) is 1.48. The SMILES string of the molecule is O=C(O)Oc1ccc([N+](=O)[O-])cc1[C@@H]1CC(=O)N(CCOCc2ccccc2)C1. The zero-order chi connectivity index (χ0) is 20.8. The van der Waals surface area contributed by atoms with E-state index in [4.69, 9.17) is 14.6 Å². The summed E-state index contributed by atoms with van der Waals surface area (Å²) in [5, 5.41) is 20.0. The smallest absolute Gasteiger partial charge is 0.449 e. The molecule has 0 bridgehead atoms. The third kappa shape index (κ3) is 5.29. The van der Waals surface area contributed by atoms with Crippen LogP contribution < -0.4 is 4.74 Å². The number of hydrogen-bond donors (Lipinski definition) is 1. The van der Waals surface area contributed by atoms with Crippen molar-refractivity contribution in [3.8, 4) is 5.75 Å². The second kappa shape index (κ2) is 9.16. The summed E-state index contributed by atoms with van der Waals surface area (Å²) in [5.41, 5.74) is 1.18. The quantitative estimate of drug-likeness (QED) is 0.238. The molecule has 1 atom stereocenters. The van der Waals surface area contributed by atoms with Gasteiger partial charge in [0.1, 0.15) is 5.75 Å². The molecule has 1 saturated heterocycles. The Morgan fingerprint density at radius 3 is 2.69 bits per heavy atom. The fourth-order valence-electron chi connectivity index (χ4n) is 3.29. The third-order valence-electron chi connectivity index (χ3n) is 4.67. The molecule has 0 spiro atoms. The van der Waals surface area contributed by atoms with Crippen molar-refractivity contribution >= 4 is 17.7 Å². The molecule has 1 aliphatic rings.